The van der Waals surface area contributed by atoms with Gasteiger partial charge in [0.05, 0.1) is 6.61 Å². The molecule has 0 saturated carbocycles. The summed E-state index contributed by atoms with van der Waals surface area (Å²) in [5, 5.41) is 0. The van der Waals surface area contributed by atoms with E-state index >= 15 is 0 Å². The molecule has 0 amide bonds. The van der Waals surface area contributed by atoms with E-state index in [-0.39, 0.29) is 0 Å². The van der Waals surface area contributed by atoms with Gasteiger partial charge >= 0.3 is 0 Å². The standard InChI is InChI=1S/C15H22N2O/c1-2-18-15-5-3-4-12(10-15)17-13-6-7-14(17)9-11(16)8-13/h3-5,10-11,13-14H,2,6-9,16H2,1H3. The van der Waals surface area contributed by atoms with Crippen molar-refractivity contribution in [3.63, 3.8) is 0 Å². The van der Waals surface area contributed by atoms with Gasteiger partial charge in [0.25, 0.3) is 0 Å². The van der Waals surface area contributed by atoms with Crippen molar-refractivity contribution in [3.05, 3.63) is 24.3 Å². The minimum atomic E-state index is 0.397. The Morgan fingerprint density at radius 2 is 2.00 bits per heavy atom. The topological polar surface area (TPSA) is 38.5 Å². The van der Waals surface area contributed by atoms with Crippen molar-refractivity contribution in [2.45, 2.75) is 50.7 Å². The van der Waals surface area contributed by atoms with E-state index in [1.165, 1.54) is 18.5 Å². The zero-order valence-electron chi connectivity index (χ0n) is 11.0. The summed E-state index contributed by atoms with van der Waals surface area (Å²) in [6, 6.07) is 10.2. The predicted molar refractivity (Wildman–Crippen MR) is 74.1 cm³/mol. The van der Waals surface area contributed by atoms with Crippen LogP contribution in [-0.4, -0.2) is 24.7 Å². The van der Waals surface area contributed by atoms with Crippen LogP contribution in [0.3, 0.4) is 0 Å². The average Bonchev–Trinajstić information content (AvgIpc) is 2.63. The van der Waals surface area contributed by atoms with Crippen molar-refractivity contribution in [1.29, 1.82) is 0 Å². The molecule has 2 aliphatic rings. The SMILES string of the molecule is CCOc1cccc(N2C3CCC2CC(N)C3)c1. The molecule has 3 rings (SSSR count). The minimum absolute atomic E-state index is 0.397. The summed E-state index contributed by atoms with van der Waals surface area (Å²) in [7, 11) is 0. The number of rotatable bonds is 3. The lowest BCUT2D eigenvalue weighted by Gasteiger charge is -2.39. The van der Waals surface area contributed by atoms with Crippen molar-refractivity contribution >= 4 is 5.69 Å². The Hall–Kier alpha value is -1.22. The van der Waals surface area contributed by atoms with E-state index in [1.807, 2.05) is 13.0 Å². The molecule has 2 fully saturated rings. The number of nitrogens with zero attached hydrogens (tertiary/aromatic N) is 1. The van der Waals surface area contributed by atoms with Crippen molar-refractivity contribution in [1.82, 2.24) is 0 Å². The number of ether oxygens (including phenoxy) is 1. The summed E-state index contributed by atoms with van der Waals surface area (Å²) < 4.78 is 5.60. The molecule has 2 N–H and O–H groups in total. The smallest absolute Gasteiger partial charge is 0.121 e. The zero-order valence-corrected chi connectivity index (χ0v) is 11.0. The van der Waals surface area contributed by atoms with Gasteiger partial charge in [0, 0.05) is 29.9 Å². The Morgan fingerprint density at radius 3 is 2.67 bits per heavy atom. The molecule has 3 heteroatoms. The van der Waals surface area contributed by atoms with Gasteiger partial charge in [0.1, 0.15) is 5.75 Å². The Labute approximate surface area is 109 Å². The number of piperidine rings is 1. The molecule has 1 aromatic rings. The number of hydrogen-bond donors (Lipinski definition) is 1. The quantitative estimate of drug-likeness (QED) is 0.890. The second-order valence-electron chi connectivity index (χ2n) is 5.45. The normalized spacial score (nSPS) is 30.6. The van der Waals surface area contributed by atoms with Crippen molar-refractivity contribution < 1.29 is 4.74 Å². The third-order valence-electron chi connectivity index (χ3n) is 4.20. The van der Waals surface area contributed by atoms with E-state index < -0.39 is 0 Å². The molecule has 2 saturated heterocycles. The van der Waals surface area contributed by atoms with Crippen LogP contribution in [-0.2, 0) is 0 Å². The van der Waals surface area contributed by atoms with Gasteiger partial charge < -0.3 is 15.4 Å². The molecule has 18 heavy (non-hydrogen) atoms. The van der Waals surface area contributed by atoms with Crippen LogP contribution in [0.15, 0.2) is 24.3 Å². The van der Waals surface area contributed by atoms with Crippen LogP contribution < -0.4 is 15.4 Å². The van der Waals surface area contributed by atoms with E-state index in [0.29, 0.717) is 18.1 Å². The molecule has 0 spiro atoms. The first kappa shape index (κ1) is 11.8. The summed E-state index contributed by atoms with van der Waals surface area (Å²) in [4.78, 5) is 2.58. The van der Waals surface area contributed by atoms with E-state index in [0.717, 1.165) is 25.2 Å². The van der Waals surface area contributed by atoms with E-state index in [1.54, 1.807) is 0 Å². The fourth-order valence-corrected chi connectivity index (χ4v) is 3.54. The fraction of sp³-hybridized carbons (Fsp3) is 0.600. The lowest BCUT2D eigenvalue weighted by atomic mass is 9.97. The molecule has 2 bridgehead atoms. The molecule has 0 aliphatic carbocycles. The van der Waals surface area contributed by atoms with Crippen LogP contribution in [0.5, 0.6) is 5.75 Å². The minimum Gasteiger partial charge on any atom is -0.494 e. The molecule has 0 radical (unpaired) electrons. The molecule has 98 valence electrons. The molecule has 1 aromatic carbocycles. The number of fused-ring (bicyclic) bond motifs is 2. The second-order valence-corrected chi connectivity index (χ2v) is 5.45. The number of anilines is 1. The molecule has 2 aliphatic heterocycles. The van der Waals surface area contributed by atoms with Crippen molar-refractivity contribution in [2.75, 3.05) is 11.5 Å². The van der Waals surface area contributed by atoms with Crippen LogP contribution >= 0.6 is 0 Å². The van der Waals surface area contributed by atoms with Gasteiger partial charge in [-0.05, 0) is 44.7 Å². The maximum Gasteiger partial charge on any atom is 0.121 e. The van der Waals surface area contributed by atoms with Gasteiger partial charge in [0.15, 0.2) is 0 Å². The number of hydrogen-bond acceptors (Lipinski definition) is 3. The molecule has 2 heterocycles. The monoisotopic (exact) mass is 246 g/mol. The van der Waals surface area contributed by atoms with Crippen LogP contribution in [0, 0.1) is 0 Å². The highest BCUT2D eigenvalue weighted by Gasteiger charge is 2.39. The Balaban J connectivity index is 1.84. The largest absolute Gasteiger partial charge is 0.494 e. The Morgan fingerprint density at radius 1 is 1.28 bits per heavy atom. The number of benzene rings is 1. The van der Waals surface area contributed by atoms with Gasteiger partial charge in [-0.25, -0.2) is 0 Å². The van der Waals surface area contributed by atoms with Gasteiger partial charge in [-0.1, -0.05) is 6.07 Å². The summed E-state index contributed by atoms with van der Waals surface area (Å²) in [5.41, 5.74) is 7.43. The second kappa shape index (κ2) is 4.81. The first-order valence-electron chi connectivity index (χ1n) is 7.04. The van der Waals surface area contributed by atoms with Crippen LogP contribution in [0.2, 0.25) is 0 Å². The van der Waals surface area contributed by atoms with E-state index in [9.17, 15) is 0 Å². The first-order valence-corrected chi connectivity index (χ1v) is 7.04. The molecule has 0 aromatic heterocycles. The zero-order chi connectivity index (χ0) is 12.5. The van der Waals surface area contributed by atoms with Crippen LogP contribution in [0.1, 0.15) is 32.6 Å². The lowest BCUT2D eigenvalue weighted by molar-refractivity contribution is 0.340. The molecule has 2 unspecified atom stereocenters. The molecular formula is C15H22N2O. The van der Waals surface area contributed by atoms with E-state index in [2.05, 4.69) is 23.1 Å². The Kier molecular flexibility index (Phi) is 3.16. The van der Waals surface area contributed by atoms with Gasteiger partial charge in [-0.15, -0.1) is 0 Å². The first-order chi connectivity index (χ1) is 8.78. The maximum atomic E-state index is 6.12. The van der Waals surface area contributed by atoms with Gasteiger partial charge in [-0.2, -0.15) is 0 Å². The third-order valence-corrected chi connectivity index (χ3v) is 4.20. The average molecular weight is 246 g/mol. The van der Waals surface area contributed by atoms with Crippen LogP contribution in [0.4, 0.5) is 5.69 Å². The summed E-state index contributed by atoms with van der Waals surface area (Å²) >= 11 is 0. The van der Waals surface area contributed by atoms with Crippen molar-refractivity contribution in [3.8, 4) is 5.75 Å². The van der Waals surface area contributed by atoms with Gasteiger partial charge in [0.2, 0.25) is 0 Å². The molecule has 2 atom stereocenters. The molecular weight excluding hydrogens is 224 g/mol. The van der Waals surface area contributed by atoms with Gasteiger partial charge in [-0.3, -0.25) is 0 Å². The van der Waals surface area contributed by atoms with Crippen molar-refractivity contribution in [2.24, 2.45) is 5.73 Å². The summed E-state index contributed by atoms with van der Waals surface area (Å²) in [6.45, 7) is 2.75. The third kappa shape index (κ3) is 2.07. The maximum absolute atomic E-state index is 6.12. The lowest BCUT2D eigenvalue weighted by Crippen LogP contribution is -2.47. The highest BCUT2D eigenvalue weighted by molar-refractivity contribution is 5.54. The fourth-order valence-electron chi connectivity index (χ4n) is 3.54. The van der Waals surface area contributed by atoms with E-state index in [4.69, 9.17) is 10.5 Å². The number of nitrogens with two attached hydrogens (primary N) is 1. The predicted octanol–water partition coefficient (Wildman–Crippen LogP) is 2.54. The Bertz CT molecular complexity index is 407. The molecule has 3 nitrogen and oxygen atoms in total. The highest BCUT2D eigenvalue weighted by Crippen LogP contribution is 2.39. The van der Waals surface area contributed by atoms with Crippen LogP contribution in [0.25, 0.3) is 0 Å². The summed E-state index contributed by atoms with van der Waals surface area (Å²) in [6.07, 6.45) is 4.85. The highest BCUT2D eigenvalue weighted by atomic mass is 16.5. The summed E-state index contributed by atoms with van der Waals surface area (Å²) in [5.74, 6) is 0.976.